The first-order valence-electron chi connectivity index (χ1n) is 9.13. The van der Waals surface area contributed by atoms with Gasteiger partial charge in [-0.1, -0.05) is 6.92 Å². The number of guanidine groups is 1. The molecule has 0 spiro atoms. The predicted molar refractivity (Wildman–Crippen MR) is 108 cm³/mol. The molecule has 0 amide bonds. The van der Waals surface area contributed by atoms with Crippen molar-refractivity contribution in [3.05, 3.63) is 0 Å². The third-order valence-corrected chi connectivity index (χ3v) is 5.02. The normalized spacial score (nSPS) is 26.8. The van der Waals surface area contributed by atoms with E-state index in [-0.39, 0.29) is 47.7 Å². The van der Waals surface area contributed by atoms with Crippen molar-refractivity contribution in [2.75, 3.05) is 52.9 Å². The summed E-state index contributed by atoms with van der Waals surface area (Å²) in [6.45, 7) is 6.44. The molecule has 0 aromatic heterocycles. The summed E-state index contributed by atoms with van der Waals surface area (Å²) in [4.78, 5) is 20.0. The van der Waals surface area contributed by atoms with Crippen molar-refractivity contribution in [3.8, 4) is 0 Å². The molecule has 6 nitrogen and oxygen atoms in total. The molecule has 2 rings (SSSR count). The number of rotatable bonds is 5. The van der Waals surface area contributed by atoms with Gasteiger partial charge in [0, 0.05) is 32.7 Å². The molecular weight excluding hydrogens is 476 g/mol. The van der Waals surface area contributed by atoms with Crippen molar-refractivity contribution in [2.45, 2.75) is 26.4 Å². The topological polar surface area (TPSA) is 57.2 Å². The summed E-state index contributed by atoms with van der Waals surface area (Å²) >= 11 is 0. The molecule has 0 aliphatic carbocycles. The Kier molecular flexibility index (Phi) is 9.59. The van der Waals surface area contributed by atoms with Gasteiger partial charge in [0.2, 0.25) is 0 Å². The molecule has 2 saturated heterocycles. The molecule has 0 bridgehead atoms. The third kappa shape index (κ3) is 7.28. The van der Waals surface area contributed by atoms with E-state index in [9.17, 15) is 18.0 Å². The van der Waals surface area contributed by atoms with Gasteiger partial charge in [-0.2, -0.15) is 13.2 Å². The van der Waals surface area contributed by atoms with Crippen LogP contribution < -0.4 is 5.32 Å². The van der Waals surface area contributed by atoms with E-state index in [0.717, 1.165) is 12.4 Å². The first-order valence-corrected chi connectivity index (χ1v) is 9.13. The van der Waals surface area contributed by atoms with Crippen LogP contribution in [0.2, 0.25) is 0 Å². The quantitative estimate of drug-likeness (QED) is 0.268. The molecule has 0 radical (unpaired) electrons. The van der Waals surface area contributed by atoms with Crippen LogP contribution in [-0.4, -0.2) is 80.8 Å². The number of hydrogen-bond acceptors (Lipinski definition) is 4. The lowest BCUT2D eigenvalue weighted by atomic mass is 9.99. The highest BCUT2D eigenvalue weighted by Gasteiger charge is 2.37. The largest absolute Gasteiger partial charge is 0.469 e. The Labute approximate surface area is 175 Å². The number of halogens is 4. The van der Waals surface area contributed by atoms with Gasteiger partial charge in [-0.15, -0.1) is 24.0 Å². The third-order valence-electron chi connectivity index (χ3n) is 5.02. The van der Waals surface area contributed by atoms with Gasteiger partial charge in [0.1, 0.15) is 0 Å². The van der Waals surface area contributed by atoms with Gasteiger partial charge in [-0.3, -0.25) is 14.7 Å². The van der Waals surface area contributed by atoms with Gasteiger partial charge < -0.3 is 15.0 Å². The van der Waals surface area contributed by atoms with Gasteiger partial charge in [-0.25, -0.2) is 0 Å². The van der Waals surface area contributed by atoms with Gasteiger partial charge in [-0.05, 0) is 31.7 Å². The fourth-order valence-corrected chi connectivity index (χ4v) is 3.70. The van der Waals surface area contributed by atoms with Gasteiger partial charge in [0.05, 0.1) is 19.6 Å². The van der Waals surface area contributed by atoms with Crippen LogP contribution in [0.4, 0.5) is 13.2 Å². The highest BCUT2D eigenvalue weighted by molar-refractivity contribution is 14.0. The van der Waals surface area contributed by atoms with Crippen molar-refractivity contribution in [1.29, 1.82) is 0 Å². The number of nitrogens with one attached hydrogen (secondary N) is 1. The van der Waals surface area contributed by atoms with Crippen molar-refractivity contribution in [3.63, 3.8) is 0 Å². The van der Waals surface area contributed by atoms with Crippen molar-refractivity contribution in [2.24, 2.45) is 22.7 Å². The minimum Gasteiger partial charge on any atom is -0.469 e. The number of esters is 1. The standard InChI is InChI=1S/C17H29F3N4O2.HI/c1-4-21-16(24-8-12(2)14(10-24)15(25)26-3)22-7-13-5-6-23(9-13)11-17(18,19)20;/h12-14H,4-11H2,1-3H3,(H,21,22);1H. The number of likely N-dealkylation sites (tertiary alicyclic amines) is 2. The number of carbonyl (C=O) groups is 1. The molecule has 0 aromatic carbocycles. The molecule has 27 heavy (non-hydrogen) atoms. The van der Waals surface area contributed by atoms with E-state index >= 15 is 0 Å². The summed E-state index contributed by atoms with van der Waals surface area (Å²) in [5, 5.41) is 3.23. The highest BCUT2D eigenvalue weighted by atomic mass is 127. The van der Waals surface area contributed by atoms with Crippen LogP contribution in [0.15, 0.2) is 4.99 Å². The monoisotopic (exact) mass is 506 g/mol. The lowest BCUT2D eigenvalue weighted by molar-refractivity contribution is -0.146. The number of carbonyl (C=O) groups excluding carboxylic acids is 1. The Morgan fingerprint density at radius 2 is 2.00 bits per heavy atom. The SMILES string of the molecule is CCNC(=NCC1CCN(CC(F)(F)F)C1)N1CC(C)C(C(=O)OC)C1.I. The number of hydrogen-bond donors (Lipinski definition) is 1. The zero-order valence-corrected chi connectivity index (χ0v) is 18.4. The summed E-state index contributed by atoms with van der Waals surface area (Å²) in [5.74, 6) is 0.620. The van der Waals surface area contributed by atoms with Gasteiger partial charge in [0.25, 0.3) is 0 Å². The molecule has 1 N–H and O–H groups in total. The van der Waals surface area contributed by atoms with E-state index < -0.39 is 12.7 Å². The summed E-state index contributed by atoms with van der Waals surface area (Å²) in [6.07, 6.45) is -3.43. The summed E-state index contributed by atoms with van der Waals surface area (Å²) in [7, 11) is 1.39. The minimum absolute atomic E-state index is 0. The van der Waals surface area contributed by atoms with Crippen LogP contribution in [0.5, 0.6) is 0 Å². The van der Waals surface area contributed by atoms with Crippen molar-refractivity contribution >= 4 is 35.9 Å². The van der Waals surface area contributed by atoms with E-state index in [4.69, 9.17) is 4.74 Å². The maximum Gasteiger partial charge on any atom is 0.401 e. The highest BCUT2D eigenvalue weighted by Crippen LogP contribution is 2.25. The molecule has 2 aliphatic rings. The Morgan fingerprint density at radius 3 is 2.59 bits per heavy atom. The van der Waals surface area contributed by atoms with E-state index in [1.165, 1.54) is 12.0 Å². The number of methoxy groups -OCH3 is 1. The maximum absolute atomic E-state index is 12.5. The lowest BCUT2D eigenvalue weighted by Crippen LogP contribution is -2.41. The fraction of sp³-hybridized carbons (Fsp3) is 0.882. The molecular formula is C17H30F3IN4O2. The summed E-state index contributed by atoms with van der Waals surface area (Å²) in [5.41, 5.74) is 0. The molecule has 3 unspecified atom stereocenters. The van der Waals surface area contributed by atoms with Crippen molar-refractivity contribution < 1.29 is 22.7 Å². The first kappa shape index (κ1) is 24.3. The smallest absolute Gasteiger partial charge is 0.401 e. The molecule has 2 fully saturated rings. The Balaban J connectivity index is 0.00000364. The number of ether oxygens (including phenoxy) is 1. The van der Waals surface area contributed by atoms with Crippen LogP contribution in [0, 0.1) is 17.8 Å². The van der Waals surface area contributed by atoms with E-state index in [0.29, 0.717) is 39.3 Å². The Bertz CT molecular complexity index is 519. The first-order chi connectivity index (χ1) is 12.2. The molecule has 10 heteroatoms. The molecule has 0 aromatic rings. The second kappa shape index (κ2) is 10.7. The van der Waals surface area contributed by atoms with E-state index in [2.05, 4.69) is 10.3 Å². The zero-order valence-electron chi connectivity index (χ0n) is 16.1. The minimum atomic E-state index is -4.15. The molecule has 0 saturated carbocycles. The van der Waals surface area contributed by atoms with Crippen LogP contribution in [0.1, 0.15) is 20.3 Å². The fourth-order valence-electron chi connectivity index (χ4n) is 3.70. The van der Waals surface area contributed by atoms with Crippen molar-refractivity contribution in [1.82, 2.24) is 15.1 Å². The van der Waals surface area contributed by atoms with Gasteiger partial charge >= 0.3 is 12.1 Å². The summed E-state index contributed by atoms with van der Waals surface area (Å²) in [6, 6.07) is 0. The lowest BCUT2D eigenvalue weighted by Gasteiger charge is -2.22. The van der Waals surface area contributed by atoms with Crippen LogP contribution in [0.3, 0.4) is 0 Å². The number of nitrogens with zero attached hydrogens (tertiary/aromatic N) is 3. The van der Waals surface area contributed by atoms with E-state index in [1.54, 1.807) is 0 Å². The second-order valence-corrected chi connectivity index (χ2v) is 7.21. The van der Waals surface area contributed by atoms with Gasteiger partial charge in [0.15, 0.2) is 5.96 Å². The molecule has 158 valence electrons. The average Bonchev–Trinajstić information content (AvgIpc) is 3.15. The number of alkyl halides is 3. The Hall–Kier alpha value is -0.780. The molecule has 2 aliphatic heterocycles. The Morgan fingerprint density at radius 1 is 1.30 bits per heavy atom. The summed E-state index contributed by atoms with van der Waals surface area (Å²) < 4.78 is 42.4. The average molecular weight is 506 g/mol. The van der Waals surface area contributed by atoms with Crippen LogP contribution in [-0.2, 0) is 9.53 Å². The maximum atomic E-state index is 12.5. The predicted octanol–water partition coefficient (Wildman–Crippen LogP) is 2.20. The zero-order chi connectivity index (χ0) is 19.3. The molecule has 2 heterocycles. The van der Waals surface area contributed by atoms with Crippen LogP contribution >= 0.6 is 24.0 Å². The number of aliphatic imine (C=N–C) groups is 1. The molecule has 3 atom stereocenters. The van der Waals surface area contributed by atoms with Crippen LogP contribution in [0.25, 0.3) is 0 Å². The van der Waals surface area contributed by atoms with E-state index in [1.807, 2.05) is 18.7 Å². The second-order valence-electron chi connectivity index (χ2n) is 7.21.